The Balaban J connectivity index is 1.85. The molecule has 27 heavy (non-hydrogen) atoms. The Labute approximate surface area is 163 Å². The first kappa shape index (κ1) is 20.4. The van der Waals surface area contributed by atoms with Gasteiger partial charge in [0.25, 0.3) is 0 Å². The molecule has 0 atom stereocenters. The fraction of sp³-hybridized carbons (Fsp3) is 0.190. The molecular weight excluding hydrogens is 366 g/mol. The van der Waals surface area contributed by atoms with Crippen LogP contribution in [0.2, 0.25) is 5.02 Å². The second-order valence-electron chi connectivity index (χ2n) is 5.76. The van der Waals surface area contributed by atoms with E-state index in [0.717, 1.165) is 6.42 Å². The van der Waals surface area contributed by atoms with Crippen LogP contribution in [0.15, 0.2) is 54.6 Å². The van der Waals surface area contributed by atoms with E-state index in [1.165, 1.54) is 12.2 Å². The molecular formula is C21H20ClNO4. The zero-order valence-corrected chi connectivity index (χ0v) is 15.7. The number of amides is 1. The molecule has 0 radical (unpaired) electrons. The molecule has 0 spiro atoms. The third-order valence-electron chi connectivity index (χ3n) is 3.62. The highest BCUT2D eigenvalue weighted by Crippen LogP contribution is 2.16. The summed E-state index contributed by atoms with van der Waals surface area (Å²) in [7, 11) is 0. The van der Waals surface area contributed by atoms with Crippen LogP contribution < -0.4 is 5.32 Å². The summed E-state index contributed by atoms with van der Waals surface area (Å²) in [6.45, 7) is 1.56. The van der Waals surface area contributed by atoms with E-state index in [0.29, 0.717) is 28.3 Å². The van der Waals surface area contributed by atoms with Crippen LogP contribution in [0, 0.1) is 0 Å². The molecule has 1 N–H and O–H groups in total. The lowest BCUT2D eigenvalue weighted by atomic mass is 10.1. The number of hydrogen-bond donors (Lipinski definition) is 1. The van der Waals surface area contributed by atoms with Crippen LogP contribution in [0.3, 0.4) is 0 Å². The summed E-state index contributed by atoms with van der Waals surface area (Å²) in [6, 6.07) is 13.5. The number of carbonyl (C=O) groups excluding carboxylic acids is 3. The van der Waals surface area contributed by atoms with E-state index in [2.05, 4.69) is 5.32 Å². The van der Waals surface area contributed by atoms with Gasteiger partial charge in [0.15, 0.2) is 12.4 Å². The van der Waals surface area contributed by atoms with Gasteiger partial charge in [-0.3, -0.25) is 9.59 Å². The number of nitrogens with one attached hydrogen (secondary N) is 1. The zero-order valence-electron chi connectivity index (χ0n) is 14.9. The lowest BCUT2D eigenvalue weighted by Gasteiger charge is -2.06. The van der Waals surface area contributed by atoms with E-state index in [1.807, 2.05) is 6.92 Å². The van der Waals surface area contributed by atoms with Crippen LogP contribution in [0.5, 0.6) is 0 Å². The highest BCUT2D eigenvalue weighted by atomic mass is 35.5. The molecule has 0 heterocycles. The topological polar surface area (TPSA) is 72.5 Å². The maximum atomic E-state index is 12.1. The summed E-state index contributed by atoms with van der Waals surface area (Å²) in [4.78, 5) is 35.4. The maximum absolute atomic E-state index is 12.1. The maximum Gasteiger partial charge on any atom is 0.331 e. The molecule has 0 fully saturated rings. The Morgan fingerprint density at radius 1 is 1.07 bits per heavy atom. The predicted molar refractivity (Wildman–Crippen MR) is 106 cm³/mol. The molecule has 5 nitrogen and oxygen atoms in total. The molecule has 2 aromatic rings. The molecule has 0 unspecified atom stereocenters. The minimum absolute atomic E-state index is 0.0733. The van der Waals surface area contributed by atoms with Crippen LogP contribution in [0.25, 0.3) is 6.08 Å². The van der Waals surface area contributed by atoms with E-state index in [9.17, 15) is 14.4 Å². The normalized spacial score (nSPS) is 10.6. The lowest BCUT2D eigenvalue weighted by molar-refractivity contribution is -0.136. The molecule has 6 heteroatoms. The number of Topliss-reactive ketones (excluding diaryl/α,β-unsaturated/α-hetero) is 1. The number of esters is 1. The van der Waals surface area contributed by atoms with E-state index in [4.69, 9.17) is 16.3 Å². The third-order valence-corrected chi connectivity index (χ3v) is 3.96. The van der Waals surface area contributed by atoms with Crippen LogP contribution in [0.1, 0.15) is 35.7 Å². The summed E-state index contributed by atoms with van der Waals surface area (Å²) >= 11 is 5.99. The van der Waals surface area contributed by atoms with Gasteiger partial charge in [0.2, 0.25) is 5.91 Å². The molecule has 0 saturated carbocycles. The predicted octanol–water partition coefficient (Wildman–Crippen LogP) is 4.52. The summed E-state index contributed by atoms with van der Waals surface area (Å²) in [6.07, 6.45) is 3.96. The molecule has 0 aromatic heterocycles. The number of hydrogen-bond acceptors (Lipinski definition) is 4. The number of ketones is 1. The number of rotatable bonds is 8. The fourth-order valence-electron chi connectivity index (χ4n) is 2.23. The quantitative estimate of drug-likeness (QED) is 0.412. The first-order valence-corrected chi connectivity index (χ1v) is 8.90. The van der Waals surface area contributed by atoms with Crippen LogP contribution in [-0.4, -0.2) is 24.3 Å². The Kier molecular flexibility index (Phi) is 7.77. The van der Waals surface area contributed by atoms with Gasteiger partial charge in [-0.2, -0.15) is 0 Å². The summed E-state index contributed by atoms with van der Waals surface area (Å²) in [5.41, 5.74) is 1.69. The highest BCUT2D eigenvalue weighted by Gasteiger charge is 2.09. The number of anilines is 1. The van der Waals surface area contributed by atoms with E-state index >= 15 is 0 Å². The van der Waals surface area contributed by atoms with Gasteiger partial charge in [-0.25, -0.2) is 4.79 Å². The van der Waals surface area contributed by atoms with Gasteiger partial charge in [-0.05, 0) is 48.4 Å². The second-order valence-corrected chi connectivity index (χ2v) is 6.17. The van der Waals surface area contributed by atoms with E-state index in [1.54, 1.807) is 48.5 Å². The van der Waals surface area contributed by atoms with Gasteiger partial charge < -0.3 is 10.1 Å². The van der Waals surface area contributed by atoms with Crippen molar-refractivity contribution in [1.29, 1.82) is 0 Å². The van der Waals surface area contributed by atoms with E-state index < -0.39 is 5.97 Å². The van der Waals surface area contributed by atoms with Crippen molar-refractivity contribution in [3.8, 4) is 0 Å². The monoisotopic (exact) mass is 385 g/mol. The highest BCUT2D eigenvalue weighted by molar-refractivity contribution is 6.32. The SMILES string of the molecule is CCCC(=O)Nc1ccc(C(=O)COC(=O)/C=C/c2ccccc2Cl)cc1. The summed E-state index contributed by atoms with van der Waals surface area (Å²) in [5, 5.41) is 3.26. The van der Waals surface area contributed by atoms with Crippen molar-refractivity contribution in [2.24, 2.45) is 0 Å². The Bertz CT molecular complexity index is 844. The van der Waals surface area contributed by atoms with Crippen LogP contribution in [0.4, 0.5) is 5.69 Å². The smallest absolute Gasteiger partial charge is 0.331 e. The average Bonchev–Trinajstić information content (AvgIpc) is 2.66. The number of ether oxygens (including phenoxy) is 1. The van der Waals surface area contributed by atoms with Crippen molar-refractivity contribution in [3.63, 3.8) is 0 Å². The minimum Gasteiger partial charge on any atom is -0.454 e. The molecule has 0 bridgehead atoms. The van der Waals surface area contributed by atoms with Gasteiger partial charge in [0.1, 0.15) is 0 Å². The molecule has 140 valence electrons. The molecule has 0 aliphatic heterocycles. The molecule has 2 rings (SSSR count). The number of benzene rings is 2. The standard InChI is InChI=1S/C21H20ClNO4/c1-2-5-20(25)23-17-11-8-16(9-12-17)19(24)14-27-21(26)13-10-15-6-3-4-7-18(15)22/h3-4,6-13H,2,5,14H2,1H3,(H,23,25)/b13-10+. The van der Waals surface area contributed by atoms with Crippen molar-refractivity contribution in [1.82, 2.24) is 0 Å². The van der Waals surface area contributed by atoms with Gasteiger partial charge in [-0.15, -0.1) is 0 Å². The van der Waals surface area contributed by atoms with Crippen molar-refractivity contribution < 1.29 is 19.1 Å². The van der Waals surface area contributed by atoms with E-state index in [-0.39, 0.29) is 18.3 Å². The molecule has 2 aromatic carbocycles. The van der Waals surface area contributed by atoms with Gasteiger partial charge in [-0.1, -0.05) is 36.7 Å². The minimum atomic E-state index is -0.633. The summed E-state index contributed by atoms with van der Waals surface area (Å²) < 4.78 is 4.96. The van der Waals surface area contributed by atoms with Gasteiger partial charge in [0.05, 0.1) is 0 Å². The van der Waals surface area contributed by atoms with Crippen molar-refractivity contribution in [3.05, 3.63) is 70.8 Å². The molecule has 0 saturated heterocycles. The van der Waals surface area contributed by atoms with Crippen molar-refractivity contribution in [2.75, 3.05) is 11.9 Å². The van der Waals surface area contributed by atoms with Crippen LogP contribution in [-0.2, 0) is 14.3 Å². The third kappa shape index (κ3) is 6.72. The molecule has 0 aliphatic carbocycles. The fourth-order valence-corrected chi connectivity index (χ4v) is 2.42. The van der Waals surface area contributed by atoms with Crippen molar-refractivity contribution >= 4 is 41.0 Å². The van der Waals surface area contributed by atoms with Gasteiger partial charge in [0, 0.05) is 28.8 Å². The van der Waals surface area contributed by atoms with Crippen molar-refractivity contribution in [2.45, 2.75) is 19.8 Å². The van der Waals surface area contributed by atoms with Gasteiger partial charge >= 0.3 is 5.97 Å². The Morgan fingerprint density at radius 2 is 1.78 bits per heavy atom. The van der Waals surface area contributed by atoms with Crippen LogP contribution >= 0.6 is 11.6 Å². The first-order valence-electron chi connectivity index (χ1n) is 8.52. The zero-order chi connectivity index (χ0) is 19.6. The number of halogens is 1. The first-order chi connectivity index (χ1) is 13.0. The molecule has 1 amide bonds. The lowest BCUT2D eigenvalue weighted by Crippen LogP contribution is -2.13. The average molecular weight is 386 g/mol. The summed E-state index contributed by atoms with van der Waals surface area (Å²) in [5.74, 6) is -1.04. The Hall–Kier alpha value is -2.92. The molecule has 0 aliphatic rings. The number of carbonyl (C=O) groups is 3. The largest absolute Gasteiger partial charge is 0.454 e. The second kappa shape index (κ2) is 10.3. The Morgan fingerprint density at radius 3 is 2.44 bits per heavy atom.